The van der Waals surface area contributed by atoms with E-state index in [9.17, 15) is 4.79 Å². The monoisotopic (exact) mass is 234 g/mol. The third-order valence-electron chi connectivity index (χ3n) is 1.99. The van der Waals surface area contributed by atoms with Gasteiger partial charge in [-0.25, -0.2) is 4.98 Å². The summed E-state index contributed by atoms with van der Waals surface area (Å²) >= 11 is 1.47. The van der Waals surface area contributed by atoms with Crippen molar-refractivity contribution >= 4 is 17.3 Å². The molecule has 0 unspecified atom stereocenters. The topological polar surface area (TPSA) is 63.1 Å². The van der Waals surface area contributed by atoms with E-state index in [1.165, 1.54) is 11.3 Å². The summed E-state index contributed by atoms with van der Waals surface area (Å²) in [5.41, 5.74) is 1.56. The second-order valence-corrected chi connectivity index (χ2v) is 4.24. The Morgan fingerprint density at radius 2 is 2.25 bits per heavy atom. The minimum absolute atomic E-state index is 0.0152. The fraction of sp³-hybridized carbons (Fsp3) is 0.182. The lowest BCUT2D eigenvalue weighted by Crippen LogP contribution is -2.00. The van der Waals surface area contributed by atoms with E-state index >= 15 is 0 Å². The average Bonchev–Trinajstić information content (AvgIpc) is 2.66. The molecule has 0 atom stereocenters. The van der Waals surface area contributed by atoms with Gasteiger partial charge >= 0.3 is 5.97 Å². The lowest BCUT2D eigenvalue weighted by molar-refractivity contribution is -0.136. The van der Waals surface area contributed by atoms with E-state index in [1.807, 2.05) is 18.2 Å². The van der Waals surface area contributed by atoms with Crippen molar-refractivity contribution in [3.8, 4) is 0 Å². The number of thiazole rings is 1. The highest BCUT2D eigenvalue weighted by Crippen LogP contribution is 2.13. The highest BCUT2D eigenvalue weighted by molar-refractivity contribution is 7.09. The summed E-state index contributed by atoms with van der Waals surface area (Å²) in [4.78, 5) is 18.9. The number of hydrogen-bond acceptors (Lipinski definition) is 4. The molecule has 4 nitrogen and oxygen atoms in total. The normalized spacial score (nSPS) is 10.2. The van der Waals surface area contributed by atoms with Gasteiger partial charge in [0.15, 0.2) is 0 Å². The first-order valence-corrected chi connectivity index (χ1v) is 5.67. The molecule has 0 aromatic carbocycles. The highest BCUT2D eigenvalue weighted by atomic mass is 32.1. The Hall–Kier alpha value is -1.75. The van der Waals surface area contributed by atoms with Crippen molar-refractivity contribution in [3.63, 3.8) is 0 Å². The van der Waals surface area contributed by atoms with Crippen molar-refractivity contribution in [2.24, 2.45) is 0 Å². The fourth-order valence-electron chi connectivity index (χ4n) is 1.32. The molecule has 82 valence electrons. The fourth-order valence-corrected chi connectivity index (χ4v) is 2.13. The summed E-state index contributed by atoms with van der Waals surface area (Å²) in [6.07, 6.45) is 2.38. The van der Waals surface area contributed by atoms with E-state index in [0.717, 1.165) is 10.7 Å². The van der Waals surface area contributed by atoms with Gasteiger partial charge in [-0.05, 0) is 12.1 Å². The molecule has 16 heavy (non-hydrogen) atoms. The quantitative estimate of drug-likeness (QED) is 0.875. The van der Waals surface area contributed by atoms with Crippen LogP contribution in [0.5, 0.6) is 0 Å². The van der Waals surface area contributed by atoms with Crippen molar-refractivity contribution in [2.45, 2.75) is 12.8 Å². The molecule has 0 radical (unpaired) electrons. The first-order chi connectivity index (χ1) is 7.74. The van der Waals surface area contributed by atoms with Crippen molar-refractivity contribution in [1.82, 2.24) is 9.97 Å². The maximum atomic E-state index is 10.5. The Morgan fingerprint density at radius 3 is 2.94 bits per heavy atom. The van der Waals surface area contributed by atoms with Crippen LogP contribution in [0.15, 0.2) is 29.8 Å². The van der Waals surface area contributed by atoms with Gasteiger partial charge in [-0.3, -0.25) is 9.78 Å². The molecule has 0 saturated carbocycles. The first kappa shape index (κ1) is 10.8. The van der Waals surface area contributed by atoms with Gasteiger partial charge in [0.1, 0.15) is 0 Å². The van der Waals surface area contributed by atoms with Crippen molar-refractivity contribution in [1.29, 1.82) is 0 Å². The van der Waals surface area contributed by atoms with Gasteiger partial charge < -0.3 is 5.11 Å². The zero-order chi connectivity index (χ0) is 11.4. The second-order valence-electron chi connectivity index (χ2n) is 3.30. The maximum Gasteiger partial charge on any atom is 0.309 e. The Labute approximate surface area is 96.6 Å². The Bertz CT molecular complexity index is 482. The largest absolute Gasteiger partial charge is 0.481 e. The van der Waals surface area contributed by atoms with E-state index in [-0.39, 0.29) is 6.42 Å². The Kier molecular flexibility index (Phi) is 3.26. The zero-order valence-corrected chi connectivity index (χ0v) is 9.28. The molecule has 0 fully saturated rings. The molecule has 0 amide bonds. The van der Waals surface area contributed by atoms with Crippen LogP contribution in [0.25, 0.3) is 0 Å². The van der Waals surface area contributed by atoms with E-state index in [0.29, 0.717) is 12.1 Å². The second kappa shape index (κ2) is 4.85. The van der Waals surface area contributed by atoms with Crippen molar-refractivity contribution in [3.05, 3.63) is 46.2 Å². The van der Waals surface area contributed by atoms with Gasteiger partial charge in [0, 0.05) is 23.7 Å². The third kappa shape index (κ3) is 2.87. The predicted octanol–water partition coefficient (Wildman–Crippen LogP) is 1.76. The van der Waals surface area contributed by atoms with E-state index < -0.39 is 5.97 Å². The molecule has 0 saturated heterocycles. The first-order valence-electron chi connectivity index (χ1n) is 4.79. The van der Waals surface area contributed by atoms with Gasteiger partial charge in [0.05, 0.1) is 17.1 Å². The lowest BCUT2D eigenvalue weighted by atomic mass is 10.3. The Morgan fingerprint density at radius 1 is 1.38 bits per heavy atom. The van der Waals surface area contributed by atoms with Crippen LogP contribution in [0.3, 0.4) is 0 Å². The molecule has 2 aromatic rings. The van der Waals surface area contributed by atoms with Crippen LogP contribution < -0.4 is 0 Å². The Balaban J connectivity index is 2.06. The van der Waals surface area contributed by atoms with Crippen LogP contribution >= 0.6 is 11.3 Å². The van der Waals surface area contributed by atoms with Crippen LogP contribution in [0.4, 0.5) is 0 Å². The van der Waals surface area contributed by atoms with Crippen LogP contribution in [-0.4, -0.2) is 21.0 Å². The number of nitrogens with zero attached hydrogens (tertiary/aromatic N) is 2. The standard InChI is InChI=1S/C11H10N2O2S/c14-11(15)6-9-7-16-10(13-9)5-8-3-1-2-4-12-8/h1-4,7H,5-6H2,(H,14,15). The van der Waals surface area contributed by atoms with Crippen LogP contribution in [0, 0.1) is 0 Å². The molecule has 5 heteroatoms. The number of aliphatic carboxylic acids is 1. The number of pyridine rings is 1. The number of aromatic nitrogens is 2. The third-order valence-corrected chi connectivity index (χ3v) is 2.89. The molecular formula is C11H10N2O2S. The van der Waals surface area contributed by atoms with Crippen molar-refractivity contribution < 1.29 is 9.90 Å². The van der Waals surface area contributed by atoms with Crippen LogP contribution in [-0.2, 0) is 17.6 Å². The minimum Gasteiger partial charge on any atom is -0.481 e. The summed E-state index contributed by atoms with van der Waals surface area (Å²) in [7, 11) is 0. The summed E-state index contributed by atoms with van der Waals surface area (Å²) in [5, 5.41) is 11.3. The van der Waals surface area contributed by atoms with Gasteiger partial charge in [-0.2, -0.15) is 0 Å². The van der Waals surface area contributed by atoms with Crippen molar-refractivity contribution in [2.75, 3.05) is 0 Å². The van der Waals surface area contributed by atoms with Crippen LogP contribution in [0.2, 0.25) is 0 Å². The lowest BCUT2D eigenvalue weighted by Gasteiger charge is -1.95. The summed E-state index contributed by atoms with van der Waals surface area (Å²) in [6, 6.07) is 5.72. The molecular weight excluding hydrogens is 224 g/mol. The van der Waals surface area contributed by atoms with E-state index in [2.05, 4.69) is 9.97 Å². The molecule has 0 bridgehead atoms. The number of carboxylic acids is 1. The average molecular weight is 234 g/mol. The predicted molar refractivity (Wildman–Crippen MR) is 60.5 cm³/mol. The summed E-state index contributed by atoms with van der Waals surface area (Å²) < 4.78 is 0. The number of rotatable bonds is 4. The molecule has 2 rings (SSSR count). The van der Waals surface area contributed by atoms with Gasteiger partial charge in [0.25, 0.3) is 0 Å². The summed E-state index contributed by atoms with van der Waals surface area (Å²) in [6.45, 7) is 0. The summed E-state index contributed by atoms with van der Waals surface area (Å²) in [5.74, 6) is -0.852. The smallest absolute Gasteiger partial charge is 0.309 e. The number of hydrogen-bond donors (Lipinski definition) is 1. The molecule has 2 aromatic heterocycles. The molecule has 0 aliphatic rings. The van der Waals surface area contributed by atoms with Crippen LogP contribution in [0.1, 0.15) is 16.4 Å². The molecule has 0 aliphatic heterocycles. The molecule has 2 heterocycles. The number of carbonyl (C=O) groups is 1. The molecule has 0 spiro atoms. The molecule has 0 aliphatic carbocycles. The number of carboxylic acid groups (broad SMARTS) is 1. The van der Waals surface area contributed by atoms with E-state index in [1.54, 1.807) is 11.6 Å². The maximum absolute atomic E-state index is 10.5. The van der Waals surface area contributed by atoms with Gasteiger partial charge in [0.2, 0.25) is 0 Å². The SMILES string of the molecule is O=C(O)Cc1csc(Cc2ccccn2)n1. The minimum atomic E-state index is -0.852. The van der Waals surface area contributed by atoms with Gasteiger partial charge in [-0.15, -0.1) is 11.3 Å². The molecule has 1 N–H and O–H groups in total. The zero-order valence-electron chi connectivity index (χ0n) is 8.46. The van der Waals surface area contributed by atoms with E-state index in [4.69, 9.17) is 5.11 Å². The van der Waals surface area contributed by atoms with Gasteiger partial charge in [-0.1, -0.05) is 6.07 Å². The highest BCUT2D eigenvalue weighted by Gasteiger charge is 2.06.